The molecular formula is C15H22FNO3. The van der Waals surface area contributed by atoms with E-state index in [0.29, 0.717) is 12.2 Å². The van der Waals surface area contributed by atoms with E-state index in [2.05, 4.69) is 5.32 Å². The standard InChI is InChI=1S/C15H22FNO3/c1-14(2,9-10-18)17-13(19)15(3,4)20-12-7-5-11(16)6-8-12/h5-8,18H,9-10H2,1-4H3,(H,17,19). The van der Waals surface area contributed by atoms with Crippen LogP contribution in [0.15, 0.2) is 24.3 Å². The first-order valence-corrected chi connectivity index (χ1v) is 6.54. The Morgan fingerprint density at radius 3 is 2.30 bits per heavy atom. The zero-order chi connectivity index (χ0) is 15.4. The number of hydrogen-bond donors (Lipinski definition) is 2. The van der Waals surface area contributed by atoms with Gasteiger partial charge in [-0.05, 0) is 58.4 Å². The molecule has 0 saturated heterocycles. The Balaban J connectivity index is 2.72. The Hall–Kier alpha value is -1.62. The number of ether oxygens (including phenoxy) is 1. The fourth-order valence-electron chi connectivity index (χ4n) is 1.64. The molecule has 0 atom stereocenters. The van der Waals surface area contributed by atoms with Crippen LogP contribution in [0.1, 0.15) is 34.1 Å². The molecule has 4 nitrogen and oxygen atoms in total. The zero-order valence-electron chi connectivity index (χ0n) is 12.4. The van der Waals surface area contributed by atoms with Gasteiger partial charge in [-0.1, -0.05) is 0 Å². The van der Waals surface area contributed by atoms with E-state index < -0.39 is 11.1 Å². The summed E-state index contributed by atoms with van der Waals surface area (Å²) >= 11 is 0. The molecule has 0 bridgehead atoms. The number of benzene rings is 1. The number of nitrogens with one attached hydrogen (secondary N) is 1. The van der Waals surface area contributed by atoms with Crippen molar-refractivity contribution in [2.45, 2.75) is 45.3 Å². The fourth-order valence-corrected chi connectivity index (χ4v) is 1.64. The maximum atomic E-state index is 12.8. The predicted octanol–water partition coefficient (Wildman–Crippen LogP) is 2.26. The van der Waals surface area contributed by atoms with Crippen LogP contribution in [-0.2, 0) is 4.79 Å². The summed E-state index contributed by atoms with van der Waals surface area (Å²) in [5.74, 6) is -0.226. The van der Waals surface area contributed by atoms with Gasteiger partial charge in [0.05, 0.1) is 0 Å². The van der Waals surface area contributed by atoms with Crippen LogP contribution in [0.2, 0.25) is 0 Å². The summed E-state index contributed by atoms with van der Waals surface area (Å²) in [5.41, 5.74) is -1.61. The second-order valence-electron chi connectivity index (χ2n) is 5.88. The Morgan fingerprint density at radius 2 is 1.80 bits per heavy atom. The molecule has 0 unspecified atom stereocenters. The molecule has 1 aromatic rings. The maximum Gasteiger partial charge on any atom is 0.264 e. The van der Waals surface area contributed by atoms with E-state index in [9.17, 15) is 9.18 Å². The maximum absolute atomic E-state index is 12.8. The molecule has 1 rings (SSSR count). The highest BCUT2D eigenvalue weighted by Gasteiger charge is 2.33. The molecule has 0 heterocycles. The van der Waals surface area contributed by atoms with Crippen LogP contribution in [-0.4, -0.2) is 28.8 Å². The SMILES string of the molecule is CC(C)(CCO)NC(=O)C(C)(C)Oc1ccc(F)cc1. The lowest BCUT2D eigenvalue weighted by atomic mass is 9.99. The van der Waals surface area contributed by atoms with Gasteiger partial charge < -0.3 is 15.2 Å². The summed E-state index contributed by atoms with van der Waals surface area (Å²) in [6.07, 6.45) is 0.450. The molecule has 0 aromatic heterocycles. The summed E-state index contributed by atoms with van der Waals surface area (Å²) in [5, 5.41) is 11.8. The third-order valence-corrected chi connectivity index (χ3v) is 2.92. The van der Waals surface area contributed by atoms with Crippen LogP contribution >= 0.6 is 0 Å². The van der Waals surface area contributed by atoms with E-state index in [0.717, 1.165) is 0 Å². The Kier molecular flexibility index (Phi) is 5.11. The topological polar surface area (TPSA) is 58.6 Å². The minimum atomic E-state index is -1.09. The number of halogens is 1. The molecule has 112 valence electrons. The van der Waals surface area contributed by atoms with Gasteiger partial charge >= 0.3 is 0 Å². The molecule has 1 amide bonds. The molecule has 0 radical (unpaired) electrons. The number of hydrogen-bond acceptors (Lipinski definition) is 3. The van der Waals surface area contributed by atoms with E-state index in [1.165, 1.54) is 24.3 Å². The summed E-state index contributed by atoms with van der Waals surface area (Å²) in [7, 11) is 0. The Labute approximate surface area is 119 Å². The molecule has 20 heavy (non-hydrogen) atoms. The minimum Gasteiger partial charge on any atom is -0.478 e. The van der Waals surface area contributed by atoms with Gasteiger partial charge in [-0.15, -0.1) is 0 Å². The first kappa shape index (κ1) is 16.4. The summed E-state index contributed by atoms with van der Waals surface area (Å²) < 4.78 is 18.4. The lowest BCUT2D eigenvalue weighted by Crippen LogP contribution is -2.54. The molecule has 0 aliphatic heterocycles. The smallest absolute Gasteiger partial charge is 0.264 e. The lowest BCUT2D eigenvalue weighted by molar-refractivity contribution is -0.136. The van der Waals surface area contributed by atoms with Crippen molar-refractivity contribution in [1.29, 1.82) is 0 Å². The highest BCUT2D eigenvalue weighted by Crippen LogP contribution is 2.20. The van der Waals surface area contributed by atoms with Gasteiger partial charge in [0.1, 0.15) is 11.6 Å². The highest BCUT2D eigenvalue weighted by atomic mass is 19.1. The molecule has 0 saturated carbocycles. The van der Waals surface area contributed by atoms with E-state index in [-0.39, 0.29) is 18.3 Å². The molecule has 0 fully saturated rings. The predicted molar refractivity (Wildman–Crippen MR) is 75.0 cm³/mol. The molecule has 2 N–H and O–H groups in total. The van der Waals surface area contributed by atoms with Crippen LogP contribution in [0.4, 0.5) is 4.39 Å². The summed E-state index contributed by atoms with van der Waals surface area (Å²) in [6.45, 7) is 6.93. The first-order valence-electron chi connectivity index (χ1n) is 6.54. The molecule has 0 aliphatic rings. The summed E-state index contributed by atoms with van der Waals surface area (Å²) in [4.78, 5) is 12.2. The van der Waals surface area contributed by atoms with Crippen LogP contribution < -0.4 is 10.1 Å². The van der Waals surface area contributed by atoms with Gasteiger partial charge in [0.25, 0.3) is 5.91 Å². The number of carbonyl (C=O) groups is 1. The average molecular weight is 283 g/mol. The van der Waals surface area contributed by atoms with Crippen molar-refractivity contribution in [1.82, 2.24) is 5.32 Å². The summed E-state index contributed by atoms with van der Waals surface area (Å²) in [6, 6.07) is 5.50. The third-order valence-electron chi connectivity index (χ3n) is 2.92. The van der Waals surface area contributed by atoms with Crippen molar-refractivity contribution in [3.63, 3.8) is 0 Å². The lowest BCUT2D eigenvalue weighted by Gasteiger charge is -2.32. The van der Waals surface area contributed by atoms with Crippen molar-refractivity contribution >= 4 is 5.91 Å². The van der Waals surface area contributed by atoms with Crippen LogP contribution in [0.5, 0.6) is 5.75 Å². The minimum absolute atomic E-state index is 0.00741. The fraction of sp³-hybridized carbons (Fsp3) is 0.533. The normalized spacial score (nSPS) is 12.1. The Bertz CT molecular complexity index is 455. The molecule has 0 spiro atoms. The van der Waals surface area contributed by atoms with Crippen molar-refractivity contribution in [3.8, 4) is 5.75 Å². The number of rotatable bonds is 6. The van der Waals surface area contributed by atoms with Crippen LogP contribution in [0, 0.1) is 5.82 Å². The van der Waals surface area contributed by atoms with E-state index in [1.54, 1.807) is 13.8 Å². The number of carbonyl (C=O) groups excluding carboxylic acids is 1. The molecule has 5 heteroatoms. The molecule has 1 aromatic carbocycles. The first-order chi connectivity index (χ1) is 9.16. The zero-order valence-corrected chi connectivity index (χ0v) is 12.4. The monoisotopic (exact) mass is 283 g/mol. The molecule has 0 aliphatic carbocycles. The third kappa shape index (κ3) is 4.81. The van der Waals surface area contributed by atoms with Gasteiger partial charge in [0.15, 0.2) is 5.60 Å². The van der Waals surface area contributed by atoms with Crippen molar-refractivity contribution < 1.29 is 19.0 Å². The van der Waals surface area contributed by atoms with Gasteiger partial charge in [0, 0.05) is 12.1 Å². The average Bonchev–Trinajstić information content (AvgIpc) is 2.31. The van der Waals surface area contributed by atoms with E-state index >= 15 is 0 Å². The van der Waals surface area contributed by atoms with Crippen molar-refractivity contribution in [2.75, 3.05) is 6.61 Å². The van der Waals surface area contributed by atoms with Crippen molar-refractivity contribution in [3.05, 3.63) is 30.1 Å². The van der Waals surface area contributed by atoms with Gasteiger partial charge in [-0.2, -0.15) is 0 Å². The van der Waals surface area contributed by atoms with E-state index in [4.69, 9.17) is 9.84 Å². The van der Waals surface area contributed by atoms with Gasteiger partial charge in [-0.3, -0.25) is 4.79 Å². The number of aliphatic hydroxyl groups excluding tert-OH is 1. The second-order valence-corrected chi connectivity index (χ2v) is 5.88. The van der Waals surface area contributed by atoms with Gasteiger partial charge in [-0.25, -0.2) is 4.39 Å². The Morgan fingerprint density at radius 1 is 1.25 bits per heavy atom. The number of aliphatic hydroxyl groups is 1. The largest absolute Gasteiger partial charge is 0.478 e. The molecular weight excluding hydrogens is 261 g/mol. The van der Waals surface area contributed by atoms with Gasteiger partial charge in [0.2, 0.25) is 0 Å². The van der Waals surface area contributed by atoms with Crippen molar-refractivity contribution in [2.24, 2.45) is 0 Å². The quantitative estimate of drug-likeness (QED) is 0.842. The highest BCUT2D eigenvalue weighted by molar-refractivity contribution is 5.85. The van der Waals surface area contributed by atoms with Crippen LogP contribution in [0.3, 0.4) is 0 Å². The van der Waals surface area contributed by atoms with E-state index in [1.807, 2.05) is 13.8 Å². The second kappa shape index (κ2) is 6.22. The van der Waals surface area contributed by atoms with Crippen LogP contribution in [0.25, 0.3) is 0 Å². The number of amides is 1.